The van der Waals surface area contributed by atoms with Crippen molar-refractivity contribution < 1.29 is 13.3 Å². The monoisotopic (exact) mass is 192 g/mol. The number of rotatable bonds is 2. The van der Waals surface area contributed by atoms with Crippen molar-refractivity contribution in [1.29, 1.82) is 0 Å². The van der Waals surface area contributed by atoms with E-state index in [1.54, 1.807) is 6.92 Å². The van der Waals surface area contributed by atoms with Crippen molar-refractivity contribution in [2.24, 2.45) is 10.9 Å². The highest BCUT2D eigenvalue weighted by Crippen LogP contribution is 2.07. The quantitative estimate of drug-likeness (QED) is 0.577. The summed E-state index contributed by atoms with van der Waals surface area (Å²) in [5.41, 5.74) is 5.93. The van der Waals surface area contributed by atoms with Crippen molar-refractivity contribution >= 4 is 15.5 Å². The van der Waals surface area contributed by atoms with Crippen LogP contribution in [0.5, 0.6) is 0 Å². The maximum atomic E-state index is 11.0. The molecule has 0 aromatic carbocycles. The van der Waals surface area contributed by atoms with E-state index in [2.05, 4.69) is 5.16 Å². The van der Waals surface area contributed by atoms with Crippen LogP contribution in [0.3, 0.4) is 0 Å². The van der Waals surface area contributed by atoms with Gasteiger partial charge in [0.15, 0.2) is 9.84 Å². The molecule has 0 bridgehead atoms. The van der Waals surface area contributed by atoms with Gasteiger partial charge in [-0.1, -0.05) is 5.16 Å². The smallest absolute Gasteiger partial charge is 0.157 e. The molecule has 70 valence electrons. The Kier molecular flexibility index (Phi) is 2.69. The average molecular weight is 192 g/mol. The van der Waals surface area contributed by atoms with Crippen LogP contribution in [0.15, 0.2) is 5.16 Å². The van der Waals surface area contributed by atoms with E-state index >= 15 is 0 Å². The van der Waals surface area contributed by atoms with Gasteiger partial charge in [0.2, 0.25) is 0 Å². The van der Waals surface area contributed by atoms with Crippen LogP contribution in [0.25, 0.3) is 0 Å². The molecule has 0 aromatic heterocycles. The van der Waals surface area contributed by atoms with Crippen molar-refractivity contribution in [2.45, 2.75) is 13.0 Å². The fourth-order valence-corrected chi connectivity index (χ4v) is 2.58. The van der Waals surface area contributed by atoms with Crippen molar-refractivity contribution in [3.05, 3.63) is 0 Å². The zero-order valence-corrected chi connectivity index (χ0v) is 7.67. The number of nitrogens with two attached hydrogens (primary N) is 1. The molecule has 0 saturated carbocycles. The Hall–Kier alpha value is -0.620. The molecule has 0 radical (unpaired) electrons. The predicted molar refractivity (Wildman–Crippen MR) is 45.7 cm³/mol. The Bertz CT molecular complexity index is 283. The Morgan fingerprint density at radius 3 is 2.83 bits per heavy atom. The van der Waals surface area contributed by atoms with Crippen molar-refractivity contribution in [3.8, 4) is 0 Å². The Morgan fingerprint density at radius 1 is 1.75 bits per heavy atom. The summed E-state index contributed by atoms with van der Waals surface area (Å²) >= 11 is 0. The maximum Gasteiger partial charge on any atom is 0.157 e. The molecule has 6 heteroatoms. The topological polar surface area (TPSA) is 81.8 Å². The molecule has 1 atom stereocenters. The van der Waals surface area contributed by atoms with Gasteiger partial charge in [0.05, 0.1) is 23.3 Å². The van der Waals surface area contributed by atoms with E-state index in [-0.39, 0.29) is 11.5 Å². The molecule has 0 amide bonds. The van der Waals surface area contributed by atoms with E-state index in [9.17, 15) is 8.42 Å². The lowest BCUT2D eigenvalue weighted by atomic mass is 10.2. The van der Waals surface area contributed by atoms with Gasteiger partial charge in [-0.3, -0.25) is 0 Å². The van der Waals surface area contributed by atoms with Gasteiger partial charge >= 0.3 is 0 Å². The summed E-state index contributed by atoms with van der Waals surface area (Å²) in [4.78, 5) is 4.72. The fraction of sp³-hybridized carbons (Fsp3) is 0.833. The first kappa shape index (κ1) is 9.47. The molecule has 1 unspecified atom stereocenters. The fourth-order valence-electron chi connectivity index (χ4n) is 1.00. The average Bonchev–Trinajstić information content (AvgIpc) is 2.20. The van der Waals surface area contributed by atoms with Crippen LogP contribution in [0, 0.1) is 0 Å². The third-order valence-corrected chi connectivity index (χ3v) is 3.14. The number of sulfone groups is 1. The van der Waals surface area contributed by atoms with Crippen LogP contribution in [0.4, 0.5) is 0 Å². The highest BCUT2D eigenvalue weighted by atomic mass is 32.2. The van der Waals surface area contributed by atoms with Gasteiger partial charge in [0.1, 0.15) is 6.61 Å². The van der Waals surface area contributed by atoms with Crippen LogP contribution in [-0.2, 0) is 14.7 Å². The van der Waals surface area contributed by atoms with E-state index in [1.807, 2.05) is 0 Å². The standard InChI is InChI=1S/C6H12N2O3S/c1-2-11-8-6-4-12(9,10)3-5(6)7/h5H,2-4,7H2,1H3. The number of hydrogen-bond acceptors (Lipinski definition) is 5. The van der Waals surface area contributed by atoms with Crippen molar-refractivity contribution in [3.63, 3.8) is 0 Å². The SMILES string of the molecule is CCON=C1CS(=O)(=O)CC1N. The minimum atomic E-state index is -3.01. The molecule has 0 aliphatic carbocycles. The molecule has 1 aliphatic heterocycles. The van der Waals surface area contributed by atoms with E-state index < -0.39 is 15.9 Å². The minimum absolute atomic E-state index is 0.0150. The second-order valence-corrected chi connectivity index (χ2v) is 4.77. The van der Waals surface area contributed by atoms with Crippen molar-refractivity contribution in [2.75, 3.05) is 18.1 Å². The summed E-state index contributed by atoms with van der Waals surface area (Å²) in [5.74, 6) is -0.0763. The molecule has 1 aliphatic rings. The largest absolute Gasteiger partial charge is 0.396 e. The summed E-state index contributed by atoms with van der Waals surface area (Å²) in [6, 6.07) is -0.485. The Balaban J connectivity index is 2.70. The van der Waals surface area contributed by atoms with Gasteiger partial charge in [-0.05, 0) is 6.92 Å². The van der Waals surface area contributed by atoms with E-state index in [0.717, 1.165) is 0 Å². The summed E-state index contributed by atoms with van der Waals surface area (Å²) < 4.78 is 22.0. The minimum Gasteiger partial charge on any atom is -0.396 e. The van der Waals surface area contributed by atoms with Gasteiger partial charge in [-0.15, -0.1) is 0 Å². The summed E-state index contributed by atoms with van der Waals surface area (Å²) in [7, 11) is -3.01. The van der Waals surface area contributed by atoms with E-state index in [4.69, 9.17) is 10.6 Å². The lowest BCUT2D eigenvalue weighted by Crippen LogP contribution is -2.28. The van der Waals surface area contributed by atoms with Gasteiger partial charge < -0.3 is 10.6 Å². The first-order valence-corrected chi connectivity index (χ1v) is 5.52. The Labute approximate surface area is 71.5 Å². The van der Waals surface area contributed by atoms with Crippen LogP contribution in [-0.4, -0.2) is 38.3 Å². The summed E-state index contributed by atoms with van der Waals surface area (Å²) in [6.07, 6.45) is 0. The van der Waals surface area contributed by atoms with Gasteiger partial charge in [0, 0.05) is 0 Å². The van der Waals surface area contributed by atoms with Gasteiger partial charge in [-0.2, -0.15) is 0 Å². The van der Waals surface area contributed by atoms with E-state index in [1.165, 1.54) is 0 Å². The molecule has 1 rings (SSSR count). The third kappa shape index (κ3) is 2.18. The summed E-state index contributed by atoms with van der Waals surface area (Å²) in [6.45, 7) is 2.20. The third-order valence-electron chi connectivity index (χ3n) is 1.54. The Morgan fingerprint density at radius 2 is 2.42 bits per heavy atom. The van der Waals surface area contributed by atoms with Crippen molar-refractivity contribution in [1.82, 2.24) is 0 Å². The maximum absolute atomic E-state index is 11.0. The molecular weight excluding hydrogens is 180 g/mol. The molecule has 12 heavy (non-hydrogen) atoms. The zero-order chi connectivity index (χ0) is 9.19. The molecule has 1 saturated heterocycles. The molecule has 1 fully saturated rings. The molecule has 5 nitrogen and oxygen atoms in total. The molecular formula is C6H12N2O3S. The van der Waals surface area contributed by atoms with Crippen LogP contribution < -0.4 is 5.73 Å². The van der Waals surface area contributed by atoms with E-state index in [0.29, 0.717) is 12.3 Å². The first-order chi connectivity index (χ1) is 5.55. The summed E-state index contributed by atoms with van der Waals surface area (Å²) in [5, 5.41) is 3.63. The highest BCUT2D eigenvalue weighted by molar-refractivity contribution is 7.92. The first-order valence-electron chi connectivity index (χ1n) is 3.70. The molecule has 0 spiro atoms. The molecule has 1 heterocycles. The highest BCUT2D eigenvalue weighted by Gasteiger charge is 2.32. The van der Waals surface area contributed by atoms with Gasteiger partial charge in [0.25, 0.3) is 0 Å². The normalized spacial score (nSPS) is 30.8. The lowest BCUT2D eigenvalue weighted by Gasteiger charge is -1.99. The second-order valence-electron chi connectivity index (χ2n) is 2.66. The lowest BCUT2D eigenvalue weighted by molar-refractivity contribution is 0.158. The number of hydrogen-bond donors (Lipinski definition) is 1. The molecule has 0 aromatic rings. The van der Waals surface area contributed by atoms with Crippen LogP contribution >= 0.6 is 0 Å². The molecule has 2 N–H and O–H groups in total. The number of nitrogens with zero attached hydrogens (tertiary/aromatic N) is 1. The second kappa shape index (κ2) is 3.40. The predicted octanol–water partition coefficient (Wildman–Crippen LogP) is -0.865. The van der Waals surface area contributed by atoms with Crippen LogP contribution in [0.1, 0.15) is 6.92 Å². The van der Waals surface area contributed by atoms with Gasteiger partial charge in [-0.25, -0.2) is 8.42 Å². The van der Waals surface area contributed by atoms with Crippen LogP contribution in [0.2, 0.25) is 0 Å². The number of oxime groups is 1. The zero-order valence-electron chi connectivity index (χ0n) is 6.86.